The quantitative estimate of drug-likeness (QED) is 0.537. The van der Waals surface area contributed by atoms with E-state index in [-0.39, 0.29) is 11.8 Å². The molecule has 5 rings (SSSR count). The number of rotatable bonds is 3. The molecule has 160 valence electrons. The number of aryl methyl sites for hydroxylation is 3. The zero-order valence-corrected chi connectivity index (χ0v) is 18.2. The molecular formula is C25H23N5O2. The SMILES string of the molecule is Cc1cc(C(=O)Nc2ccc(C(=O)N3CCc4ccccc43)cc2)c2c(C)nn(C)c2n1. The average Bonchev–Trinajstić information content (AvgIpc) is 3.34. The summed E-state index contributed by atoms with van der Waals surface area (Å²) in [5.41, 5.74) is 6.09. The number of anilines is 2. The molecule has 0 saturated heterocycles. The molecule has 1 N–H and O–H groups in total. The highest BCUT2D eigenvalue weighted by Crippen LogP contribution is 2.29. The van der Waals surface area contributed by atoms with Gasteiger partial charge in [0.1, 0.15) is 0 Å². The van der Waals surface area contributed by atoms with Gasteiger partial charge in [0.15, 0.2) is 5.65 Å². The smallest absolute Gasteiger partial charge is 0.258 e. The first-order valence-electron chi connectivity index (χ1n) is 10.5. The number of nitrogens with zero attached hydrogens (tertiary/aromatic N) is 4. The Morgan fingerprint density at radius 3 is 2.56 bits per heavy atom. The van der Waals surface area contributed by atoms with Gasteiger partial charge >= 0.3 is 0 Å². The molecule has 7 heteroatoms. The van der Waals surface area contributed by atoms with Crippen molar-refractivity contribution < 1.29 is 9.59 Å². The van der Waals surface area contributed by atoms with E-state index >= 15 is 0 Å². The minimum Gasteiger partial charge on any atom is -0.322 e. The number of benzene rings is 2. The lowest BCUT2D eigenvalue weighted by Gasteiger charge is -2.17. The lowest BCUT2D eigenvalue weighted by Crippen LogP contribution is -2.28. The number of fused-ring (bicyclic) bond motifs is 2. The molecule has 2 aromatic heterocycles. The third kappa shape index (κ3) is 3.32. The predicted molar refractivity (Wildman–Crippen MR) is 124 cm³/mol. The molecule has 0 saturated carbocycles. The molecule has 0 atom stereocenters. The van der Waals surface area contributed by atoms with E-state index in [1.807, 2.05) is 44.0 Å². The molecule has 1 aliphatic rings. The summed E-state index contributed by atoms with van der Waals surface area (Å²) in [4.78, 5) is 32.4. The van der Waals surface area contributed by atoms with Crippen LogP contribution in [0.4, 0.5) is 11.4 Å². The molecule has 2 aromatic carbocycles. The number of carbonyl (C=O) groups excluding carboxylic acids is 2. The Bertz CT molecular complexity index is 1370. The predicted octanol–water partition coefficient (Wildman–Crippen LogP) is 4.04. The Balaban J connectivity index is 1.37. The van der Waals surface area contributed by atoms with Gasteiger partial charge in [-0.3, -0.25) is 14.3 Å². The van der Waals surface area contributed by atoms with Gasteiger partial charge in [-0.05, 0) is 62.2 Å². The second-order valence-corrected chi connectivity index (χ2v) is 8.09. The van der Waals surface area contributed by atoms with Crippen LogP contribution in [-0.4, -0.2) is 33.1 Å². The summed E-state index contributed by atoms with van der Waals surface area (Å²) >= 11 is 0. The molecule has 0 radical (unpaired) electrons. The highest BCUT2D eigenvalue weighted by Gasteiger charge is 2.25. The number of hydrogen-bond donors (Lipinski definition) is 1. The van der Waals surface area contributed by atoms with E-state index < -0.39 is 0 Å². The van der Waals surface area contributed by atoms with E-state index in [4.69, 9.17) is 0 Å². The largest absolute Gasteiger partial charge is 0.322 e. The van der Waals surface area contributed by atoms with Crippen LogP contribution in [0.25, 0.3) is 11.0 Å². The molecule has 7 nitrogen and oxygen atoms in total. The minimum atomic E-state index is -0.232. The average molecular weight is 425 g/mol. The Morgan fingerprint density at radius 1 is 1.03 bits per heavy atom. The Morgan fingerprint density at radius 2 is 1.78 bits per heavy atom. The molecule has 0 bridgehead atoms. The fourth-order valence-electron chi connectivity index (χ4n) is 4.35. The summed E-state index contributed by atoms with van der Waals surface area (Å²) in [5, 5.41) is 8.08. The summed E-state index contributed by atoms with van der Waals surface area (Å²) in [7, 11) is 1.82. The van der Waals surface area contributed by atoms with Gasteiger partial charge < -0.3 is 10.2 Å². The van der Waals surface area contributed by atoms with Crippen LogP contribution in [0.3, 0.4) is 0 Å². The van der Waals surface area contributed by atoms with Gasteiger partial charge in [0.05, 0.1) is 16.6 Å². The number of amides is 2. The Hall–Kier alpha value is -4.00. The maximum atomic E-state index is 13.1. The fraction of sp³-hybridized carbons (Fsp3) is 0.200. The topological polar surface area (TPSA) is 80.1 Å². The van der Waals surface area contributed by atoms with Gasteiger partial charge in [0.25, 0.3) is 11.8 Å². The van der Waals surface area contributed by atoms with E-state index in [1.54, 1.807) is 35.0 Å². The molecule has 0 spiro atoms. The summed E-state index contributed by atoms with van der Waals surface area (Å²) in [6.07, 6.45) is 0.865. The third-order valence-electron chi connectivity index (χ3n) is 5.86. The van der Waals surface area contributed by atoms with Gasteiger partial charge in [0, 0.05) is 36.2 Å². The van der Waals surface area contributed by atoms with Crippen LogP contribution >= 0.6 is 0 Å². The Labute approximate surface area is 185 Å². The molecule has 3 heterocycles. The van der Waals surface area contributed by atoms with Crippen LogP contribution in [-0.2, 0) is 13.5 Å². The number of pyridine rings is 1. The van der Waals surface area contributed by atoms with Crippen molar-refractivity contribution >= 4 is 34.2 Å². The van der Waals surface area contributed by atoms with Crippen LogP contribution in [0.15, 0.2) is 54.6 Å². The van der Waals surface area contributed by atoms with Crippen LogP contribution in [0, 0.1) is 13.8 Å². The number of hydrogen-bond acceptors (Lipinski definition) is 4. The highest BCUT2D eigenvalue weighted by molar-refractivity contribution is 6.13. The van der Waals surface area contributed by atoms with Crippen molar-refractivity contribution in [2.24, 2.45) is 7.05 Å². The van der Waals surface area contributed by atoms with Crippen molar-refractivity contribution in [3.8, 4) is 0 Å². The van der Waals surface area contributed by atoms with Crippen LogP contribution < -0.4 is 10.2 Å². The first-order chi connectivity index (χ1) is 15.4. The number of carbonyl (C=O) groups is 2. The third-order valence-corrected chi connectivity index (χ3v) is 5.86. The summed E-state index contributed by atoms with van der Waals surface area (Å²) < 4.78 is 1.69. The standard InChI is InChI=1S/C25H23N5O2/c1-15-14-20(22-16(2)28-29(3)23(22)26-15)24(31)27-19-10-8-18(9-11-19)25(32)30-13-12-17-6-4-5-7-21(17)30/h4-11,14H,12-13H2,1-3H3,(H,27,31). The van der Waals surface area contributed by atoms with Crippen molar-refractivity contribution in [2.75, 3.05) is 16.8 Å². The zero-order valence-electron chi connectivity index (χ0n) is 18.2. The van der Waals surface area contributed by atoms with Gasteiger partial charge in [-0.2, -0.15) is 5.10 Å². The van der Waals surface area contributed by atoms with Crippen molar-refractivity contribution in [3.63, 3.8) is 0 Å². The van der Waals surface area contributed by atoms with E-state index in [9.17, 15) is 9.59 Å². The first-order valence-corrected chi connectivity index (χ1v) is 10.5. The zero-order chi connectivity index (χ0) is 22.4. The first kappa shape index (κ1) is 19.9. The lowest BCUT2D eigenvalue weighted by molar-refractivity contribution is 0.0988. The van der Waals surface area contributed by atoms with Crippen molar-refractivity contribution in [1.82, 2.24) is 14.8 Å². The molecular weight excluding hydrogens is 402 g/mol. The van der Waals surface area contributed by atoms with Crippen molar-refractivity contribution in [2.45, 2.75) is 20.3 Å². The van der Waals surface area contributed by atoms with E-state index in [1.165, 1.54) is 5.56 Å². The van der Waals surface area contributed by atoms with Gasteiger partial charge in [0.2, 0.25) is 0 Å². The highest BCUT2D eigenvalue weighted by atomic mass is 16.2. The van der Waals surface area contributed by atoms with Crippen LogP contribution in [0.2, 0.25) is 0 Å². The van der Waals surface area contributed by atoms with E-state index in [0.717, 1.165) is 28.9 Å². The van der Waals surface area contributed by atoms with E-state index in [2.05, 4.69) is 21.5 Å². The molecule has 4 aromatic rings. The summed E-state index contributed by atoms with van der Waals surface area (Å²) in [6, 6.07) is 16.8. The number of nitrogens with one attached hydrogen (secondary N) is 1. The second-order valence-electron chi connectivity index (χ2n) is 8.09. The minimum absolute atomic E-state index is 0.0368. The van der Waals surface area contributed by atoms with Gasteiger partial charge in [-0.1, -0.05) is 18.2 Å². The molecule has 0 fully saturated rings. The van der Waals surface area contributed by atoms with E-state index in [0.29, 0.717) is 29.0 Å². The van der Waals surface area contributed by atoms with Gasteiger partial charge in [-0.25, -0.2) is 4.98 Å². The number of aromatic nitrogens is 3. The van der Waals surface area contributed by atoms with Crippen LogP contribution in [0.1, 0.15) is 37.7 Å². The fourth-order valence-corrected chi connectivity index (χ4v) is 4.35. The van der Waals surface area contributed by atoms with Crippen molar-refractivity contribution in [1.29, 1.82) is 0 Å². The second kappa shape index (κ2) is 7.60. The molecule has 2 amide bonds. The molecule has 0 aliphatic carbocycles. The Kier molecular flexibility index (Phi) is 4.74. The normalized spacial score (nSPS) is 12.8. The lowest BCUT2D eigenvalue weighted by atomic mass is 10.1. The monoisotopic (exact) mass is 425 g/mol. The van der Waals surface area contributed by atoms with Gasteiger partial charge in [-0.15, -0.1) is 0 Å². The summed E-state index contributed by atoms with van der Waals surface area (Å²) in [5.74, 6) is -0.269. The maximum absolute atomic E-state index is 13.1. The molecule has 32 heavy (non-hydrogen) atoms. The maximum Gasteiger partial charge on any atom is 0.258 e. The summed E-state index contributed by atoms with van der Waals surface area (Å²) in [6.45, 7) is 4.40. The molecule has 1 aliphatic heterocycles. The van der Waals surface area contributed by atoms with Crippen molar-refractivity contribution in [3.05, 3.63) is 82.7 Å². The van der Waals surface area contributed by atoms with Crippen LogP contribution in [0.5, 0.6) is 0 Å². The molecule has 0 unspecified atom stereocenters. The number of para-hydroxylation sites is 1.